The minimum atomic E-state index is -4.57. The second-order valence-corrected chi connectivity index (χ2v) is 2.85. The number of aliphatic hydroxyl groups excluding tert-OH is 1. The molecule has 0 amide bonds. The van der Waals surface area contributed by atoms with Crippen LogP contribution < -0.4 is 4.72 Å². The average Bonchev–Trinajstić information content (AvgIpc) is 1.80. The Morgan fingerprint density at radius 3 is 2.09 bits per heavy atom. The van der Waals surface area contributed by atoms with Crippen molar-refractivity contribution in [3.8, 4) is 0 Å². The summed E-state index contributed by atoms with van der Waals surface area (Å²) in [6.45, 7) is -0.922. The molecule has 0 heterocycles. The summed E-state index contributed by atoms with van der Waals surface area (Å²) in [6.07, 6.45) is 0. The highest BCUT2D eigenvalue weighted by atomic mass is 32.2. The molecule has 8 heteroatoms. The Bertz CT molecular complexity index is 232. The normalized spacial score (nSPS) is 14.4. The summed E-state index contributed by atoms with van der Waals surface area (Å²) >= 11 is 0. The van der Waals surface area contributed by atoms with Gasteiger partial charge in [-0.05, 0) is 0 Å². The molecule has 7 nitrogen and oxygen atoms in total. The number of aliphatic hydroxyl groups is 1. The van der Waals surface area contributed by atoms with Crippen LogP contribution in [0, 0.1) is 0 Å². The van der Waals surface area contributed by atoms with Crippen molar-refractivity contribution >= 4 is 16.3 Å². The standard InChI is InChI=1S/C3H7NO6S/c5-1-2(3(6)7)4-11(8,9)10/h2,4-5H,1H2,(H,6,7)(H,8,9,10)/t2-/m0/s1. The molecule has 0 aliphatic carbocycles. The monoisotopic (exact) mass is 185 g/mol. The summed E-state index contributed by atoms with van der Waals surface area (Å²) in [4.78, 5) is 10.0. The Labute approximate surface area is 62.5 Å². The Balaban J connectivity index is 4.22. The van der Waals surface area contributed by atoms with Crippen LogP contribution >= 0.6 is 0 Å². The van der Waals surface area contributed by atoms with E-state index in [9.17, 15) is 13.2 Å². The van der Waals surface area contributed by atoms with Crippen LogP contribution in [-0.4, -0.2) is 41.8 Å². The molecule has 0 saturated carbocycles. The van der Waals surface area contributed by atoms with Gasteiger partial charge in [0, 0.05) is 0 Å². The van der Waals surface area contributed by atoms with Gasteiger partial charge >= 0.3 is 16.3 Å². The van der Waals surface area contributed by atoms with Crippen LogP contribution in [0.3, 0.4) is 0 Å². The second kappa shape index (κ2) is 3.62. The number of hydrogen-bond donors (Lipinski definition) is 4. The number of nitrogens with one attached hydrogen (secondary N) is 1. The molecule has 0 aliphatic rings. The SMILES string of the molecule is O=C(O)[C@H](CO)NS(=O)(=O)O. The van der Waals surface area contributed by atoms with Crippen molar-refractivity contribution in [2.75, 3.05) is 6.61 Å². The first-order valence-corrected chi connectivity index (χ1v) is 3.89. The van der Waals surface area contributed by atoms with E-state index >= 15 is 0 Å². The molecule has 0 saturated heterocycles. The van der Waals surface area contributed by atoms with E-state index < -0.39 is 28.9 Å². The summed E-state index contributed by atoms with van der Waals surface area (Å²) in [5.74, 6) is -1.56. The molecular weight excluding hydrogens is 178 g/mol. The third-order valence-corrected chi connectivity index (χ3v) is 1.35. The molecule has 4 N–H and O–H groups in total. The minimum Gasteiger partial charge on any atom is -0.480 e. The molecule has 1 atom stereocenters. The fraction of sp³-hybridized carbons (Fsp3) is 0.667. The third-order valence-electron chi connectivity index (χ3n) is 0.772. The quantitative estimate of drug-likeness (QED) is 0.369. The number of carbonyl (C=O) groups is 1. The predicted octanol–water partition coefficient (Wildman–Crippen LogP) is -2.18. The molecule has 66 valence electrons. The topological polar surface area (TPSA) is 124 Å². The van der Waals surface area contributed by atoms with Crippen LogP contribution in [0.15, 0.2) is 0 Å². The Morgan fingerprint density at radius 1 is 1.55 bits per heavy atom. The van der Waals surface area contributed by atoms with Crippen LogP contribution in [0.25, 0.3) is 0 Å². The molecule has 11 heavy (non-hydrogen) atoms. The highest BCUT2D eigenvalue weighted by molar-refractivity contribution is 7.83. The van der Waals surface area contributed by atoms with Gasteiger partial charge in [0.2, 0.25) is 0 Å². The molecule has 0 fully saturated rings. The maximum atomic E-state index is 10.0. The van der Waals surface area contributed by atoms with E-state index in [1.54, 1.807) is 0 Å². The number of carboxylic acids is 1. The lowest BCUT2D eigenvalue weighted by molar-refractivity contribution is -0.139. The smallest absolute Gasteiger partial charge is 0.334 e. The molecule has 0 bridgehead atoms. The predicted molar refractivity (Wildman–Crippen MR) is 33.2 cm³/mol. The van der Waals surface area contributed by atoms with Gasteiger partial charge in [-0.3, -0.25) is 9.35 Å². The maximum absolute atomic E-state index is 10.0. The van der Waals surface area contributed by atoms with Crippen LogP contribution in [0.1, 0.15) is 0 Å². The molecule has 0 rings (SSSR count). The summed E-state index contributed by atoms with van der Waals surface area (Å²) in [5, 5.41) is 16.4. The molecule has 0 aliphatic heterocycles. The first-order valence-electron chi connectivity index (χ1n) is 2.45. The molecule has 0 aromatic rings. The van der Waals surface area contributed by atoms with Gasteiger partial charge in [-0.15, -0.1) is 0 Å². The fourth-order valence-corrected chi connectivity index (χ4v) is 0.880. The maximum Gasteiger partial charge on any atom is 0.334 e. The lowest BCUT2D eigenvalue weighted by Crippen LogP contribution is -2.42. The highest BCUT2D eigenvalue weighted by Gasteiger charge is 2.20. The molecule has 0 radical (unpaired) electrons. The molecule has 0 aromatic heterocycles. The zero-order valence-electron chi connectivity index (χ0n) is 5.26. The number of rotatable bonds is 4. The van der Waals surface area contributed by atoms with Gasteiger partial charge in [0.15, 0.2) is 0 Å². The summed E-state index contributed by atoms with van der Waals surface area (Å²) in [5.41, 5.74) is 0. The van der Waals surface area contributed by atoms with Crippen molar-refractivity contribution < 1.29 is 28.0 Å². The number of hydrogen-bond acceptors (Lipinski definition) is 4. The largest absolute Gasteiger partial charge is 0.480 e. The van der Waals surface area contributed by atoms with Gasteiger partial charge in [-0.1, -0.05) is 0 Å². The highest BCUT2D eigenvalue weighted by Crippen LogP contribution is 1.84. The zero-order valence-corrected chi connectivity index (χ0v) is 6.08. The minimum absolute atomic E-state index is 0.922. The number of aliphatic carboxylic acids is 1. The summed E-state index contributed by atoms with van der Waals surface area (Å²) in [6, 6.07) is -1.70. The van der Waals surface area contributed by atoms with Crippen molar-refractivity contribution in [1.29, 1.82) is 0 Å². The molecule has 0 spiro atoms. The Morgan fingerprint density at radius 2 is 2.00 bits per heavy atom. The van der Waals surface area contributed by atoms with Gasteiger partial charge in [0.1, 0.15) is 6.04 Å². The van der Waals surface area contributed by atoms with Crippen molar-refractivity contribution in [3.63, 3.8) is 0 Å². The van der Waals surface area contributed by atoms with Crippen molar-refractivity contribution in [1.82, 2.24) is 4.72 Å². The van der Waals surface area contributed by atoms with Crippen LogP contribution in [0.5, 0.6) is 0 Å². The fourth-order valence-electron chi connectivity index (χ4n) is 0.346. The van der Waals surface area contributed by atoms with E-state index in [4.69, 9.17) is 14.8 Å². The van der Waals surface area contributed by atoms with E-state index in [-0.39, 0.29) is 0 Å². The van der Waals surface area contributed by atoms with E-state index in [2.05, 4.69) is 0 Å². The Hall–Kier alpha value is -0.700. The van der Waals surface area contributed by atoms with Gasteiger partial charge < -0.3 is 10.2 Å². The van der Waals surface area contributed by atoms with Crippen molar-refractivity contribution in [2.45, 2.75) is 6.04 Å². The van der Waals surface area contributed by atoms with Crippen LogP contribution in [0.2, 0.25) is 0 Å². The van der Waals surface area contributed by atoms with Crippen LogP contribution in [-0.2, 0) is 15.1 Å². The van der Waals surface area contributed by atoms with E-state index in [1.165, 1.54) is 4.72 Å². The molecule has 0 unspecified atom stereocenters. The van der Waals surface area contributed by atoms with Crippen molar-refractivity contribution in [3.05, 3.63) is 0 Å². The van der Waals surface area contributed by atoms with E-state index in [1.807, 2.05) is 0 Å². The van der Waals surface area contributed by atoms with E-state index in [0.29, 0.717) is 0 Å². The molecule has 0 aromatic carbocycles. The zero-order chi connectivity index (χ0) is 9.07. The van der Waals surface area contributed by atoms with Crippen LogP contribution in [0.4, 0.5) is 0 Å². The lowest BCUT2D eigenvalue weighted by Gasteiger charge is -2.06. The second-order valence-electron chi connectivity index (χ2n) is 1.67. The first kappa shape index (κ1) is 10.3. The van der Waals surface area contributed by atoms with Gasteiger partial charge in [-0.25, -0.2) is 0 Å². The lowest BCUT2D eigenvalue weighted by atomic mass is 10.3. The number of carboxylic acid groups (broad SMARTS) is 1. The Kier molecular flexibility index (Phi) is 3.39. The average molecular weight is 185 g/mol. The van der Waals surface area contributed by atoms with Gasteiger partial charge in [0.05, 0.1) is 6.61 Å². The van der Waals surface area contributed by atoms with Gasteiger partial charge in [0.25, 0.3) is 0 Å². The van der Waals surface area contributed by atoms with E-state index in [0.717, 1.165) is 0 Å². The summed E-state index contributed by atoms with van der Waals surface area (Å²) in [7, 11) is -4.57. The van der Waals surface area contributed by atoms with Crippen molar-refractivity contribution in [2.24, 2.45) is 0 Å². The van der Waals surface area contributed by atoms with Gasteiger partial charge in [-0.2, -0.15) is 13.1 Å². The molecular formula is C3H7NO6S. The third kappa shape index (κ3) is 4.67. The first-order chi connectivity index (χ1) is 4.87. The summed E-state index contributed by atoms with van der Waals surface area (Å²) < 4.78 is 29.3.